The number of anilines is 2. The van der Waals surface area contributed by atoms with Crippen molar-refractivity contribution in [2.75, 3.05) is 38.2 Å². The average Bonchev–Trinajstić information content (AvgIpc) is 2.73. The summed E-state index contributed by atoms with van der Waals surface area (Å²) in [6, 6.07) is 16.8. The van der Waals surface area contributed by atoms with Gasteiger partial charge in [-0.25, -0.2) is 4.98 Å². The number of nitrogen functional groups attached to an aromatic ring is 1. The zero-order valence-electron chi connectivity index (χ0n) is 18.0. The number of hydrogen-bond acceptors (Lipinski definition) is 5. The van der Waals surface area contributed by atoms with Crippen molar-refractivity contribution in [1.82, 2.24) is 15.2 Å². The summed E-state index contributed by atoms with van der Waals surface area (Å²) in [5.74, 6) is 0.134. The van der Waals surface area contributed by atoms with Crippen molar-refractivity contribution in [3.05, 3.63) is 66.4 Å². The lowest BCUT2D eigenvalue weighted by Crippen LogP contribution is -2.31. The highest BCUT2D eigenvalue weighted by Crippen LogP contribution is 2.31. The van der Waals surface area contributed by atoms with Crippen LogP contribution < -0.4 is 16.4 Å². The number of carbonyl (C=O) groups is 2. The second kappa shape index (κ2) is 9.86. The topological polar surface area (TPSA) is 100 Å². The van der Waals surface area contributed by atoms with Crippen molar-refractivity contribution >= 4 is 23.3 Å². The van der Waals surface area contributed by atoms with Gasteiger partial charge in [0, 0.05) is 48.6 Å². The Morgan fingerprint density at radius 1 is 1.00 bits per heavy atom. The molecule has 0 aliphatic rings. The minimum atomic E-state index is -0.141. The molecule has 3 rings (SSSR count). The van der Waals surface area contributed by atoms with Gasteiger partial charge in [-0.3, -0.25) is 9.59 Å². The number of likely N-dealkylation sites (N-methyl/N-ethyl adjacent to an activating group) is 1. The molecule has 3 aromatic rings. The molecule has 160 valence electrons. The van der Waals surface area contributed by atoms with Crippen LogP contribution in [0.2, 0.25) is 0 Å². The highest BCUT2D eigenvalue weighted by Gasteiger charge is 2.11. The predicted octanol–water partition coefficient (Wildman–Crippen LogP) is 3.25. The van der Waals surface area contributed by atoms with E-state index in [9.17, 15) is 9.59 Å². The summed E-state index contributed by atoms with van der Waals surface area (Å²) in [4.78, 5) is 30.2. The number of hydrogen-bond donors (Lipinski definition) is 3. The fourth-order valence-corrected chi connectivity index (χ4v) is 3.17. The quantitative estimate of drug-likeness (QED) is 0.548. The molecule has 7 nitrogen and oxygen atoms in total. The zero-order valence-corrected chi connectivity index (χ0v) is 18.0. The second-order valence-corrected chi connectivity index (χ2v) is 7.56. The molecule has 4 N–H and O–H groups in total. The lowest BCUT2D eigenvalue weighted by atomic mass is 9.99. The van der Waals surface area contributed by atoms with E-state index in [1.54, 1.807) is 12.3 Å². The molecule has 0 radical (unpaired) electrons. The number of nitrogens with zero attached hydrogens (tertiary/aromatic N) is 2. The zero-order chi connectivity index (χ0) is 22.4. The summed E-state index contributed by atoms with van der Waals surface area (Å²) in [7, 11) is 3.93. The lowest BCUT2D eigenvalue weighted by Gasteiger charge is -2.12. The summed E-state index contributed by atoms with van der Waals surface area (Å²) < 4.78 is 0. The number of benzene rings is 2. The van der Waals surface area contributed by atoms with Gasteiger partial charge in [-0.05, 0) is 55.6 Å². The molecule has 31 heavy (non-hydrogen) atoms. The fraction of sp³-hybridized carbons (Fsp3) is 0.208. The molecule has 0 unspecified atom stereocenters. The van der Waals surface area contributed by atoms with Gasteiger partial charge < -0.3 is 21.3 Å². The van der Waals surface area contributed by atoms with Gasteiger partial charge in [-0.15, -0.1) is 0 Å². The summed E-state index contributed by atoms with van der Waals surface area (Å²) in [5, 5.41) is 5.70. The first-order valence-electron chi connectivity index (χ1n) is 10.0. The molecule has 0 bridgehead atoms. The van der Waals surface area contributed by atoms with Crippen molar-refractivity contribution in [2.45, 2.75) is 6.92 Å². The molecule has 0 aliphatic carbocycles. The minimum absolute atomic E-state index is 0.115. The molecule has 0 saturated heterocycles. The van der Waals surface area contributed by atoms with Crippen molar-refractivity contribution < 1.29 is 9.59 Å². The normalized spacial score (nSPS) is 10.7. The molecular weight excluding hydrogens is 390 g/mol. The van der Waals surface area contributed by atoms with Crippen LogP contribution in [0.1, 0.15) is 17.3 Å². The molecule has 2 amide bonds. The molecule has 0 spiro atoms. The SMILES string of the molecule is CC(=O)Nc1cccc(-c2cc(-c3cccc(C(=O)NCCN(C)C)c3)cnc2N)c1. The molecule has 7 heteroatoms. The molecule has 0 fully saturated rings. The Morgan fingerprint density at radius 3 is 2.48 bits per heavy atom. The number of nitrogens with two attached hydrogens (primary N) is 1. The number of rotatable bonds is 7. The van der Waals surface area contributed by atoms with E-state index in [0.29, 0.717) is 23.6 Å². The predicted molar refractivity (Wildman–Crippen MR) is 125 cm³/mol. The highest BCUT2D eigenvalue weighted by molar-refractivity contribution is 5.95. The lowest BCUT2D eigenvalue weighted by molar-refractivity contribution is -0.114. The Bertz CT molecular complexity index is 1090. The third-order valence-electron chi connectivity index (χ3n) is 4.72. The van der Waals surface area contributed by atoms with Gasteiger partial charge in [0.2, 0.25) is 5.91 Å². The van der Waals surface area contributed by atoms with E-state index in [1.165, 1.54) is 6.92 Å². The molecular formula is C24H27N5O2. The van der Waals surface area contributed by atoms with E-state index in [4.69, 9.17) is 5.73 Å². The Morgan fingerprint density at radius 2 is 1.74 bits per heavy atom. The van der Waals surface area contributed by atoms with Gasteiger partial charge in [-0.2, -0.15) is 0 Å². The largest absolute Gasteiger partial charge is 0.383 e. The maximum Gasteiger partial charge on any atom is 0.251 e. The van der Waals surface area contributed by atoms with Crippen LogP contribution in [0.15, 0.2) is 60.8 Å². The maximum atomic E-state index is 12.5. The smallest absolute Gasteiger partial charge is 0.251 e. The van der Waals surface area contributed by atoms with Gasteiger partial charge in [0.1, 0.15) is 5.82 Å². The first-order valence-corrected chi connectivity index (χ1v) is 10.0. The average molecular weight is 418 g/mol. The third kappa shape index (κ3) is 5.90. The Kier molecular flexibility index (Phi) is 6.99. The highest BCUT2D eigenvalue weighted by atomic mass is 16.2. The molecule has 1 heterocycles. The van der Waals surface area contributed by atoms with Crippen molar-refractivity contribution in [2.24, 2.45) is 0 Å². The number of aromatic nitrogens is 1. The van der Waals surface area contributed by atoms with Crippen LogP contribution in [-0.2, 0) is 4.79 Å². The van der Waals surface area contributed by atoms with Crippen molar-refractivity contribution in [3.63, 3.8) is 0 Å². The molecule has 0 saturated carbocycles. The van der Waals surface area contributed by atoms with Gasteiger partial charge in [0.05, 0.1) is 0 Å². The van der Waals surface area contributed by atoms with Gasteiger partial charge in [0.25, 0.3) is 5.91 Å². The number of nitrogens with one attached hydrogen (secondary N) is 2. The van der Waals surface area contributed by atoms with E-state index in [-0.39, 0.29) is 11.8 Å². The van der Waals surface area contributed by atoms with Crippen LogP contribution >= 0.6 is 0 Å². The Labute approximate surface area is 182 Å². The second-order valence-electron chi connectivity index (χ2n) is 7.56. The molecule has 0 atom stereocenters. The fourth-order valence-electron chi connectivity index (χ4n) is 3.17. The van der Waals surface area contributed by atoms with Crippen LogP contribution in [0, 0.1) is 0 Å². The summed E-state index contributed by atoms with van der Waals surface area (Å²) in [6.45, 7) is 2.81. The van der Waals surface area contributed by atoms with Crippen LogP contribution in [-0.4, -0.2) is 48.9 Å². The summed E-state index contributed by atoms with van der Waals surface area (Å²) >= 11 is 0. The van der Waals surface area contributed by atoms with Crippen LogP contribution in [0.5, 0.6) is 0 Å². The van der Waals surface area contributed by atoms with Crippen LogP contribution in [0.4, 0.5) is 11.5 Å². The Balaban J connectivity index is 1.88. The maximum absolute atomic E-state index is 12.5. The summed E-state index contributed by atoms with van der Waals surface area (Å²) in [5.41, 5.74) is 10.7. The molecule has 2 aromatic carbocycles. The Hall–Kier alpha value is -3.71. The molecule has 1 aromatic heterocycles. The van der Waals surface area contributed by atoms with E-state index < -0.39 is 0 Å². The van der Waals surface area contributed by atoms with Gasteiger partial charge in [0.15, 0.2) is 0 Å². The number of amides is 2. The van der Waals surface area contributed by atoms with Gasteiger partial charge >= 0.3 is 0 Å². The number of carbonyl (C=O) groups excluding carboxylic acids is 2. The van der Waals surface area contributed by atoms with Crippen LogP contribution in [0.25, 0.3) is 22.3 Å². The standard InChI is InChI=1S/C24H27N5O2/c1-16(30)28-21-9-5-7-18(13-21)22-14-20(15-27-23(22)25)17-6-4-8-19(12-17)24(31)26-10-11-29(2)3/h4-9,12-15H,10-11H2,1-3H3,(H2,25,27)(H,26,31)(H,28,30). The minimum Gasteiger partial charge on any atom is -0.383 e. The third-order valence-corrected chi connectivity index (χ3v) is 4.72. The van der Waals surface area contributed by atoms with Gasteiger partial charge in [-0.1, -0.05) is 24.3 Å². The monoisotopic (exact) mass is 417 g/mol. The van der Waals surface area contributed by atoms with Crippen molar-refractivity contribution in [3.8, 4) is 22.3 Å². The molecule has 0 aliphatic heterocycles. The van der Waals surface area contributed by atoms with E-state index in [0.717, 1.165) is 28.8 Å². The first kappa shape index (κ1) is 22.0. The van der Waals surface area contributed by atoms with Crippen molar-refractivity contribution in [1.29, 1.82) is 0 Å². The first-order chi connectivity index (χ1) is 14.8. The van der Waals surface area contributed by atoms with Crippen LogP contribution in [0.3, 0.4) is 0 Å². The van der Waals surface area contributed by atoms with E-state index in [2.05, 4.69) is 15.6 Å². The number of pyridine rings is 1. The van der Waals surface area contributed by atoms with E-state index >= 15 is 0 Å². The summed E-state index contributed by atoms with van der Waals surface area (Å²) in [6.07, 6.45) is 1.69. The van der Waals surface area contributed by atoms with E-state index in [1.807, 2.05) is 67.5 Å².